The summed E-state index contributed by atoms with van der Waals surface area (Å²) in [7, 11) is 0. The minimum absolute atomic E-state index is 0.115. The quantitative estimate of drug-likeness (QED) is 0.180. The van der Waals surface area contributed by atoms with E-state index in [1.807, 2.05) is 120 Å². The van der Waals surface area contributed by atoms with Crippen molar-refractivity contribution in [2.24, 2.45) is 0 Å². The first-order valence-corrected chi connectivity index (χ1v) is 17.8. The average molecular weight is 681 g/mol. The second kappa shape index (κ2) is 11.7. The van der Waals surface area contributed by atoms with Crippen molar-refractivity contribution in [3.05, 3.63) is 194 Å². The summed E-state index contributed by atoms with van der Waals surface area (Å²) in [6.07, 6.45) is 0. The molecule has 0 spiro atoms. The fourth-order valence-corrected chi connectivity index (χ4v) is 8.02. The van der Waals surface area contributed by atoms with Gasteiger partial charge in [-0.25, -0.2) is 0 Å². The molecule has 11 aromatic rings. The lowest BCUT2D eigenvalue weighted by atomic mass is 10.0. The summed E-state index contributed by atoms with van der Waals surface area (Å²) in [5.41, 5.74) is 6.63. The molecule has 0 radical (unpaired) electrons. The zero-order valence-corrected chi connectivity index (χ0v) is 28.5. The summed E-state index contributed by atoms with van der Waals surface area (Å²) in [5.74, 6) is 0. The zero-order valence-electron chi connectivity index (χ0n) is 32.5. The lowest BCUT2D eigenvalue weighted by Crippen LogP contribution is -2.13. The van der Waals surface area contributed by atoms with Gasteiger partial charge in [0.2, 0.25) is 0 Å². The van der Waals surface area contributed by atoms with E-state index in [4.69, 9.17) is 4.42 Å². The molecule has 0 saturated heterocycles. The minimum Gasteiger partial charge on any atom is -0.455 e. The van der Waals surface area contributed by atoms with Crippen LogP contribution in [0.1, 0.15) is 5.48 Å². The average Bonchev–Trinajstić information content (AvgIpc) is 3.81. The molecule has 0 amide bonds. The number of anilines is 3. The van der Waals surface area contributed by atoms with Crippen molar-refractivity contribution in [1.82, 2.24) is 4.57 Å². The maximum absolute atomic E-state index is 9.80. The van der Waals surface area contributed by atoms with Crippen molar-refractivity contribution in [2.75, 3.05) is 4.90 Å². The largest absolute Gasteiger partial charge is 0.455 e. The number of furan rings is 1. The molecule has 3 nitrogen and oxygen atoms in total. The second-order valence-electron chi connectivity index (χ2n) is 13.4. The first-order chi connectivity index (χ1) is 28.0. The van der Waals surface area contributed by atoms with Gasteiger partial charge in [0.1, 0.15) is 11.2 Å². The van der Waals surface area contributed by atoms with Crippen molar-refractivity contribution >= 4 is 82.4 Å². The van der Waals surface area contributed by atoms with E-state index in [9.17, 15) is 5.48 Å². The predicted octanol–water partition coefficient (Wildman–Crippen LogP) is 14.1. The lowest BCUT2D eigenvalue weighted by molar-refractivity contribution is 0.672. The van der Waals surface area contributed by atoms with Crippen LogP contribution in [-0.4, -0.2) is 4.57 Å². The van der Waals surface area contributed by atoms with E-state index in [0.29, 0.717) is 22.5 Å². The first-order valence-electron chi connectivity index (χ1n) is 19.8. The maximum atomic E-state index is 9.80. The fourth-order valence-electron chi connectivity index (χ4n) is 8.02. The van der Waals surface area contributed by atoms with E-state index < -0.39 is 0 Å². The van der Waals surface area contributed by atoms with Gasteiger partial charge in [-0.2, -0.15) is 0 Å². The Kier molecular flexibility index (Phi) is 5.71. The highest BCUT2D eigenvalue weighted by Gasteiger charge is 2.24. The summed E-state index contributed by atoms with van der Waals surface area (Å²) in [6.45, 7) is 0. The maximum Gasteiger partial charge on any atom is 0.143 e. The number of para-hydroxylation sites is 4. The van der Waals surface area contributed by atoms with E-state index in [2.05, 4.69) is 59.2 Å². The molecule has 53 heavy (non-hydrogen) atoms. The normalized spacial score (nSPS) is 12.8. The second-order valence-corrected chi connectivity index (χ2v) is 13.4. The van der Waals surface area contributed by atoms with Crippen molar-refractivity contribution in [3.63, 3.8) is 0 Å². The molecular formula is C50H32N2O. The Morgan fingerprint density at radius 2 is 1.08 bits per heavy atom. The van der Waals surface area contributed by atoms with Gasteiger partial charge >= 0.3 is 0 Å². The molecule has 0 N–H and O–H groups in total. The molecule has 0 atom stereocenters. The topological polar surface area (TPSA) is 21.3 Å². The van der Waals surface area contributed by atoms with Gasteiger partial charge in [0.05, 0.1) is 39.0 Å². The van der Waals surface area contributed by atoms with Gasteiger partial charge in [-0.15, -0.1) is 0 Å². The van der Waals surface area contributed by atoms with Gasteiger partial charge in [-0.1, -0.05) is 133 Å². The molecule has 248 valence electrons. The summed E-state index contributed by atoms with van der Waals surface area (Å²) in [4.78, 5) is 1.91. The summed E-state index contributed by atoms with van der Waals surface area (Å²) >= 11 is 0. The molecule has 0 saturated carbocycles. The van der Waals surface area contributed by atoms with E-state index in [0.717, 1.165) is 65.4 Å². The molecule has 0 aliphatic rings. The third-order valence-corrected chi connectivity index (χ3v) is 10.4. The smallest absolute Gasteiger partial charge is 0.143 e. The fraction of sp³-hybridized carbons (Fsp3) is 0. The van der Waals surface area contributed by atoms with E-state index in [-0.39, 0.29) is 35.4 Å². The number of hydrogen-bond acceptors (Lipinski definition) is 2. The zero-order chi connectivity index (χ0) is 38.4. The van der Waals surface area contributed by atoms with Crippen LogP contribution >= 0.6 is 0 Å². The van der Waals surface area contributed by atoms with Gasteiger partial charge in [-0.05, 0) is 87.9 Å². The number of fused-ring (bicyclic) bond motifs is 9. The van der Waals surface area contributed by atoms with Crippen LogP contribution in [0.4, 0.5) is 17.1 Å². The van der Waals surface area contributed by atoms with E-state index in [1.165, 1.54) is 0 Å². The highest BCUT2D eigenvalue weighted by molar-refractivity contribution is 6.20. The summed E-state index contributed by atoms with van der Waals surface area (Å²) < 4.78 is 47.6. The van der Waals surface area contributed by atoms with Crippen LogP contribution in [0.25, 0.3) is 82.1 Å². The highest BCUT2D eigenvalue weighted by Crippen LogP contribution is 2.47. The van der Waals surface area contributed by atoms with Gasteiger partial charge in [0.15, 0.2) is 0 Å². The number of hydrogen-bond donors (Lipinski definition) is 0. The molecular weight excluding hydrogens is 645 g/mol. The van der Waals surface area contributed by atoms with Crippen molar-refractivity contribution < 1.29 is 9.90 Å². The van der Waals surface area contributed by atoms with Crippen LogP contribution in [0.2, 0.25) is 0 Å². The molecule has 0 aliphatic heterocycles. The Morgan fingerprint density at radius 3 is 1.87 bits per heavy atom. The van der Waals surface area contributed by atoms with Gasteiger partial charge in [0.25, 0.3) is 0 Å². The predicted molar refractivity (Wildman–Crippen MR) is 223 cm³/mol. The standard InChI is InChI=1S/C50H32N2O/c1-2-14-36-32-37(25-24-33(36)12-1)34-26-29-38(30-27-34)51(47-22-11-23-48-49(47)42-31-28-35-13-3-4-15-39(35)50(42)53-48)45-20-9-10-21-46(45)52-43-18-7-5-16-40(43)41-17-6-8-19-44(41)52/h1-32H/i26D,27D,29D,30D. The lowest BCUT2D eigenvalue weighted by Gasteiger charge is -2.29. The molecule has 0 aliphatic carbocycles. The molecule has 2 aromatic heterocycles. The number of benzene rings is 9. The van der Waals surface area contributed by atoms with Gasteiger partial charge in [0, 0.05) is 27.2 Å². The number of aromatic nitrogens is 1. The van der Waals surface area contributed by atoms with Crippen LogP contribution in [0.3, 0.4) is 0 Å². The van der Waals surface area contributed by atoms with Crippen molar-refractivity contribution in [1.29, 1.82) is 0 Å². The monoisotopic (exact) mass is 680 g/mol. The molecule has 0 bridgehead atoms. The van der Waals surface area contributed by atoms with Crippen LogP contribution in [-0.2, 0) is 0 Å². The van der Waals surface area contributed by atoms with Gasteiger partial charge in [-0.3, -0.25) is 0 Å². The Morgan fingerprint density at radius 1 is 0.453 bits per heavy atom. The van der Waals surface area contributed by atoms with E-state index in [1.54, 1.807) is 0 Å². The Hall–Kier alpha value is -7.10. The SMILES string of the molecule is [2H]c1c([2H])c(N(c2ccccc2-n2c3ccccc3c3ccccc32)c2cccc3oc4c5ccccc5ccc4c23)c([2H])c([2H])c1-c1ccc2ccccc2c1. The highest BCUT2D eigenvalue weighted by atomic mass is 16.3. The molecule has 9 aromatic carbocycles. The van der Waals surface area contributed by atoms with Crippen molar-refractivity contribution in [3.8, 4) is 16.8 Å². The van der Waals surface area contributed by atoms with Gasteiger partial charge < -0.3 is 13.9 Å². The number of rotatable bonds is 5. The van der Waals surface area contributed by atoms with E-state index >= 15 is 0 Å². The van der Waals surface area contributed by atoms with Crippen LogP contribution in [0.15, 0.2) is 198 Å². The Labute approximate surface area is 311 Å². The summed E-state index contributed by atoms with van der Waals surface area (Å²) in [6, 6.07) is 56.0. The Balaban J connectivity index is 1.25. The third-order valence-electron chi connectivity index (χ3n) is 10.4. The number of nitrogens with zero attached hydrogens (tertiary/aromatic N) is 2. The molecule has 3 heteroatoms. The molecule has 2 heterocycles. The molecule has 0 unspecified atom stereocenters. The van der Waals surface area contributed by atoms with Crippen LogP contribution in [0.5, 0.6) is 0 Å². The molecule has 11 rings (SSSR count). The minimum atomic E-state index is -0.147. The van der Waals surface area contributed by atoms with Crippen molar-refractivity contribution in [2.45, 2.75) is 0 Å². The van der Waals surface area contributed by atoms with Crippen LogP contribution in [0, 0.1) is 0 Å². The third kappa shape index (κ3) is 4.61. The Bertz CT molecular complexity index is 3350. The molecule has 0 fully saturated rings. The van der Waals surface area contributed by atoms with Crippen LogP contribution < -0.4 is 4.90 Å². The summed E-state index contributed by atoms with van der Waals surface area (Å²) in [5, 5.41) is 7.95. The first kappa shape index (κ1) is 25.8.